The van der Waals surface area contributed by atoms with Crippen LogP contribution in [0.4, 0.5) is 4.39 Å². The van der Waals surface area contributed by atoms with Crippen LogP contribution in [-0.2, 0) is 0 Å². The maximum Gasteiger partial charge on any atom is 0.270 e. The summed E-state index contributed by atoms with van der Waals surface area (Å²) < 4.78 is 12.8. The van der Waals surface area contributed by atoms with Crippen LogP contribution < -0.4 is 5.32 Å². The van der Waals surface area contributed by atoms with Crippen molar-refractivity contribution in [2.24, 2.45) is 5.92 Å². The van der Waals surface area contributed by atoms with Gasteiger partial charge in [-0.3, -0.25) is 4.79 Å². The molecular weight excluding hydrogens is 223 g/mol. The molecule has 1 aromatic heterocycles. The fourth-order valence-corrected chi connectivity index (χ4v) is 1.49. The van der Waals surface area contributed by atoms with Gasteiger partial charge < -0.3 is 10.4 Å². The first-order valence-electron chi connectivity index (χ1n) is 5.59. The molecule has 0 radical (unpaired) electrons. The number of carbonyl (C=O) groups is 1. The lowest BCUT2D eigenvalue weighted by molar-refractivity contribution is 0.0910. The second-order valence-corrected chi connectivity index (χ2v) is 4.18. The van der Waals surface area contributed by atoms with Crippen LogP contribution in [0, 0.1) is 11.9 Å². The molecule has 1 heterocycles. The second-order valence-electron chi connectivity index (χ2n) is 4.18. The molecule has 0 aromatic carbocycles. The van der Waals surface area contributed by atoms with Gasteiger partial charge in [-0.05, 0) is 24.5 Å². The minimum atomic E-state index is -0.680. The predicted octanol–water partition coefficient (Wildman–Crippen LogP) is 1.36. The van der Waals surface area contributed by atoms with Crippen LogP contribution in [0.1, 0.15) is 30.8 Å². The van der Waals surface area contributed by atoms with E-state index in [1.807, 2.05) is 13.8 Å². The van der Waals surface area contributed by atoms with Crippen molar-refractivity contribution in [1.29, 1.82) is 0 Å². The van der Waals surface area contributed by atoms with Crippen LogP contribution in [-0.4, -0.2) is 28.6 Å². The number of carbonyl (C=O) groups excluding carboxylic acids is 1. The van der Waals surface area contributed by atoms with Crippen molar-refractivity contribution < 1.29 is 14.3 Å². The molecule has 0 aliphatic rings. The number of nitrogens with one attached hydrogen (secondary N) is 1. The number of hydrogen-bond acceptors (Lipinski definition) is 3. The van der Waals surface area contributed by atoms with Crippen LogP contribution >= 0.6 is 0 Å². The highest BCUT2D eigenvalue weighted by Gasteiger charge is 2.17. The van der Waals surface area contributed by atoms with E-state index in [4.69, 9.17) is 5.11 Å². The van der Waals surface area contributed by atoms with Gasteiger partial charge in [0.2, 0.25) is 5.95 Å². The molecule has 1 amide bonds. The van der Waals surface area contributed by atoms with Gasteiger partial charge in [-0.25, -0.2) is 4.98 Å². The molecule has 1 unspecified atom stereocenters. The highest BCUT2D eigenvalue weighted by molar-refractivity contribution is 5.92. The Morgan fingerprint density at radius 2 is 2.24 bits per heavy atom. The number of rotatable bonds is 5. The van der Waals surface area contributed by atoms with E-state index in [9.17, 15) is 9.18 Å². The lowest BCUT2D eigenvalue weighted by atomic mass is 10.0. The molecule has 17 heavy (non-hydrogen) atoms. The quantitative estimate of drug-likeness (QED) is 0.764. The van der Waals surface area contributed by atoms with Crippen molar-refractivity contribution in [3.8, 4) is 0 Å². The van der Waals surface area contributed by atoms with Crippen LogP contribution in [0.25, 0.3) is 0 Å². The molecule has 1 aromatic rings. The summed E-state index contributed by atoms with van der Waals surface area (Å²) in [6, 6.07) is 3.94. The highest BCUT2D eigenvalue weighted by Crippen LogP contribution is 2.07. The largest absolute Gasteiger partial charge is 0.396 e. The standard InChI is InChI=1S/C12H17FN2O2/c1-8(2)9(6-7-16)15-12(17)10-4-3-5-11(13)14-10/h3-5,8-9,16H,6-7H2,1-2H3,(H,15,17). The minimum Gasteiger partial charge on any atom is -0.396 e. The predicted molar refractivity (Wildman–Crippen MR) is 62.0 cm³/mol. The van der Waals surface area contributed by atoms with Crippen molar-refractivity contribution in [3.05, 3.63) is 29.8 Å². The molecule has 0 aliphatic carbocycles. The first-order chi connectivity index (χ1) is 8.04. The summed E-state index contributed by atoms with van der Waals surface area (Å²) in [5.41, 5.74) is 0.0496. The Labute approximate surface area is 99.9 Å². The fraction of sp³-hybridized carbons (Fsp3) is 0.500. The molecule has 4 nitrogen and oxygen atoms in total. The summed E-state index contributed by atoms with van der Waals surface area (Å²) in [5, 5.41) is 11.6. The van der Waals surface area contributed by atoms with Crippen molar-refractivity contribution in [2.75, 3.05) is 6.61 Å². The number of aromatic nitrogens is 1. The first kappa shape index (κ1) is 13.6. The van der Waals surface area contributed by atoms with Gasteiger partial charge in [-0.1, -0.05) is 19.9 Å². The summed E-state index contributed by atoms with van der Waals surface area (Å²) in [6.45, 7) is 3.89. The number of amides is 1. The van der Waals surface area contributed by atoms with E-state index in [-0.39, 0.29) is 24.3 Å². The van der Waals surface area contributed by atoms with Crippen LogP contribution in [0.15, 0.2) is 18.2 Å². The van der Waals surface area contributed by atoms with E-state index in [1.54, 1.807) is 0 Å². The van der Waals surface area contributed by atoms with E-state index >= 15 is 0 Å². The Morgan fingerprint density at radius 3 is 2.76 bits per heavy atom. The average molecular weight is 240 g/mol. The van der Waals surface area contributed by atoms with Gasteiger partial charge in [0.15, 0.2) is 0 Å². The molecular formula is C12H17FN2O2. The Balaban J connectivity index is 2.70. The van der Waals surface area contributed by atoms with E-state index in [2.05, 4.69) is 10.3 Å². The van der Waals surface area contributed by atoms with Gasteiger partial charge in [0, 0.05) is 12.6 Å². The van der Waals surface area contributed by atoms with Crippen molar-refractivity contribution in [3.63, 3.8) is 0 Å². The third-order valence-corrected chi connectivity index (χ3v) is 2.51. The third kappa shape index (κ3) is 4.11. The zero-order valence-electron chi connectivity index (χ0n) is 9.98. The maximum atomic E-state index is 12.8. The zero-order valence-corrected chi connectivity index (χ0v) is 9.98. The maximum absolute atomic E-state index is 12.8. The SMILES string of the molecule is CC(C)C(CCO)NC(=O)c1cccc(F)n1. The van der Waals surface area contributed by atoms with Gasteiger partial charge in [-0.15, -0.1) is 0 Å². The second kappa shape index (κ2) is 6.30. The summed E-state index contributed by atoms with van der Waals surface area (Å²) in [6.07, 6.45) is 0.471. The summed E-state index contributed by atoms with van der Waals surface area (Å²) in [4.78, 5) is 15.3. The Morgan fingerprint density at radius 1 is 1.53 bits per heavy atom. The van der Waals surface area contributed by atoms with Crippen LogP contribution in [0.2, 0.25) is 0 Å². The van der Waals surface area contributed by atoms with Gasteiger partial charge in [-0.2, -0.15) is 4.39 Å². The molecule has 0 fully saturated rings. The number of aliphatic hydroxyl groups excluding tert-OH is 1. The normalized spacial score (nSPS) is 12.5. The fourth-order valence-electron chi connectivity index (χ4n) is 1.49. The molecule has 0 bridgehead atoms. The number of pyridine rings is 1. The highest BCUT2D eigenvalue weighted by atomic mass is 19.1. The van der Waals surface area contributed by atoms with Gasteiger partial charge in [0.25, 0.3) is 5.91 Å². The molecule has 0 saturated heterocycles. The first-order valence-corrected chi connectivity index (χ1v) is 5.59. The molecule has 0 aliphatic heterocycles. The van der Waals surface area contributed by atoms with Gasteiger partial charge in [0.1, 0.15) is 5.69 Å². The Kier molecular flexibility index (Phi) is 5.03. The average Bonchev–Trinajstić information content (AvgIpc) is 2.28. The zero-order chi connectivity index (χ0) is 12.8. The van der Waals surface area contributed by atoms with E-state index in [0.29, 0.717) is 6.42 Å². The molecule has 2 N–H and O–H groups in total. The minimum absolute atomic E-state index is 0.000292. The van der Waals surface area contributed by atoms with Gasteiger partial charge >= 0.3 is 0 Å². The third-order valence-electron chi connectivity index (χ3n) is 2.51. The van der Waals surface area contributed by atoms with Crippen molar-refractivity contribution in [1.82, 2.24) is 10.3 Å². The molecule has 0 spiro atoms. The summed E-state index contributed by atoms with van der Waals surface area (Å²) >= 11 is 0. The Bertz CT molecular complexity index is 383. The number of halogens is 1. The number of hydrogen-bond donors (Lipinski definition) is 2. The topological polar surface area (TPSA) is 62.2 Å². The smallest absolute Gasteiger partial charge is 0.270 e. The molecule has 5 heteroatoms. The lowest BCUT2D eigenvalue weighted by Gasteiger charge is -2.21. The molecule has 1 atom stereocenters. The van der Waals surface area contributed by atoms with E-state index < -0.39 is 11.9 Å². The van der Waals surface area contributed by atoms with Crippen LogP contribution in [0.3, 0.4) is 0 Å². The Hall–Kier alpha value is -1.49. The van der Waals surface area contributed by atoms with Crippen molar-refractivity contribution in [2.45, 2.75) is 26.3 Å². The van der Waals surface area contributed by atoms with Crippen LogP contribution in [0.5, 0.6) is 0 Å². The monoisotopic (exact) mass is 240 g/mol. The molecule has 0 saturated carbocycles. The van der Waals surface area contributed by atoms with Gasteiger partial charge in [0.05, 0.1) is 0 Å². The van der Waals surface area contributed by atoms with E-state index in [0.717, 1.165) is 0 Å². The van der Waals surface area contributed by atoms with E-state index in [1.165, 1.54) is 18.2 Å². The molecule has 94 valence electrons. The number of aliphatic hydroxyl groups is 1. The number of nitrogens with zero attached hydrogens (tertiary/aromatic N) is 1. The summed E-state index contributed by atoms with van der Waals surface area (Å²) in [7, 11) is 0. The molecule has 1 rings (SSSR count). The van der Waals surface area contributed by atoms with Crippen molar-refractivity contribution >= 4 is 5.91 Å². The summed E-state index contributed by atoms with van der Waals surface area (Å²) in [5.74, 6) is -0.905. The lowest BCUT2D eigenvalue weighted by Crippen LogP contribution is -2.39.